The number of nitrogens with two attached hydrogens (primary N) is 2. The Bertz CT molecular complexity index is 2470. The Morgan fingerprint density at radius 2 is 0.730 bits per heavy atom. The molecule has 0 heterocycles. The zero-order chi connectivity index (χ0) is 43.2. The quantitative estimate of drug-likeness (QED) is 0.0767. The van der Waals surface area contributed by atoms with E-state index in [9.17, 15) is 9.59 Å². The predicted octanol–water partition coefficient (Wildman–Crippen LogP) is 11.6. The van der Waals surface area contributed by atoms with E-state index in [4.69, 9.17) is 11.5 Å². The number of amides is 2. The molecule has 0 spiro atoms. The summed E-state index contributed by atoms with van der Waals surface area (Å²) in [4.78, 5) is 28.8. The maximum atomic E-state index is 14.4. The first-order valence-electron chi connectivity index (χ1n) is 22.4. The lowest BCUT2D eigenvalue weighted by molar-refractivity contribution is 0.102. The summed E-state index contributed by atoms with van der Waals surface area (Å²) in [5, 5.41) is 9.53. The maximum absolute atomic E-state index is 14.4. The molecule has 0 aliphatic heterocycles. The molecule has 316 valence electrons. The maximum Gasteiger partial charge on any atom is 0.255 e. The van der Waals surface area contributed by atoms with Crippen LogP contribution in [0.15, 0.2) is 176 Å². The average Bonchev–Trinajstić information content (AvgIpc) is 3.33. The van der Waals surface area contributed by atoms with E-state index in [0.29, 0.717) is 22.5 Å². The SMILES string of the molecule is Nc1ccc(C2(c3ccc(NC(=O)c4cc(C(=O)Nc5ccc(C6(c7ccc(N)cc7)CCCCC6)cc5)cc(P(c5ccccc5)c5ccccc5)c4)cc3)CCCCC2)cc1. The van der Waals surface area contributed by atoms with E-state index in [-0.39, 0.29) is 22.6 Å². The molecule has 0 atom stereocenters. The molecule has 0 saturated heterocycles. The molecule has 9 rings (SSSR count). The van der Waals surface area contributed by atoms with E-state index < -0.39 is 7.92 Å². The van der Waals surface area contributed by atoms with Crippen LogP contribution < -0.4 is 38.0 Å². The van der Waals surface area contributed by atoms with E-state index in [1.807, 2.05) is 97.1 Å². The van der Waals surface area contributed by atoms with Gasteiger partial charge in [0.1, 0.15) is 0 Å². The van der Waals surface area contributed by atoms with E-state index >= 15 is 0 Å². The highest BCUT2D eigenvalue weighted by Crippen LogP contribution is 2.47. The predicted molar refractivity (Wildman–Crippen MR) is 263 cm³/mol. The highest BCUT2D eigenvalue weighted by Gasteiger charge is 2.37. The number of carbonyl (C=O) groups is 2. The Hall–Kier alpha value is -6.49. The smallest absolute Gasteiger partial charge is 0.255 e. The lowest BCUT2D eigenvalue weighted by atomic mass is 9.65. The van der Waals surface area contributed by atoms with Crippen molar-refractivity contribution in [2.75, 3.05) is 22.1 Å². The number of anilines is 4. The molecule has 7 aromatic rings. The van der Waals surface area contributed by atoms with Crippen LogP contribution in [0.25, 0.3) is 0 Å². The first-order chi connectivity index (χ1) is 30.8. The number of hydrogen-bond donors (Lipinski definition) is 4. The molecule has 0 radical (unpaired) electrons. The van der Waals surface area contributed by atoms with E-state index in [1.165, 1.54) is 60.8 Å². The summed E-state index contributed by atoms with van der Waals surface area (Å²) in [5.74, 6) is -0.545. The Balaban J connectivity index is 1.03. The Kier molecular flexibility index (Phi) is 12.3. The standard InChI is InChI=1S/C56H55N4O2P/c57-46-25-17-42(18-26-46)55(33-9-3-10-34-55)44-21-29-48(30-22-44)59-53(61)40-37-41(39-52(38-40)63(50-13-5-1-6-14-50)51-15-7-2-8-16-51)54(62)60-49-31-23-45(24-32-49)56(35-11-4-12-36-56)43-19-27-47(58)28-20-43/h1-2,5-8,13-32,37-39H,3-4,9-12,33-36,57-58H2,(H,59,61)(H,60,62). The minimum absolute atomic E-state index is 0.0916. The van der Waals surface area contributed by atoms with Gasteiger partial charge in [0.15, 0.2) is 0 Å². The van der Waals surface area contributed by atoms with Crippen LogP contribution in [0.4, 0.5) is 22.7 Å². The molecule has 0 aromatic heterocycles. The number of carbonyl (C=O) groups excluding carboxylic acids is 2. The minimum atomic E-state index is -1.11. The molecule has 2 fully saturated rings. The second kappa shape index (κ2) is 18.5. The number of benzene rings is 7. The molecule has 6 N–H and O–H groups in total. The van der Waals surface area contributed by atoms with Crippen molar-refractivity contribution in [2.24, 2.45) is 0 Å². The van der Waals surface area contributed by atoms with Gasteiger partial charge >= 0.3 is 0 Å². The second-order valence-corrected chi connectivity index (χ2v) is 19.6. The summed E-state index contributed by atoms with van der Waals surface area (Å²) in [6, 6.07) is 59.7. The Labute approximate surface area is 372 Å². The number of nitrogen functional groups attached to an aromatic ring is 2. The summed E-state index contributed by atoms with van der Waals surface area (Å²) in [6.45, 7) is 0. The lowest BCUT2D eigenvalue weighted by Gasteiger charge is -2.38. The van der Waals surface area contributed by atoms with Crippen LogP contribution >= 0.6 is 7.92 Å². The van der Waals surface area contributed by atoms with Crippen molar-refractivity contribution in [1.82, 2.24) is 0 Å². The van der Waals surface area contributed by atoms with Gasteiger partial charge in [-0.3, -0.25) is 9.59 Å². The fourth-order valence-electron chi connectivity index (χ4n) is 10.2. The van der Waals surface area contributed by atoms with Gasteiger partial charge in [-0.15, -0.1) is 0 Å². The van der Waals surface area contributed by atoms with Crippen molar-refractivity contribution < 1.29 is 9.59 Å². The van der Waals surface area contributed by atoms with Gasteiger partial charge in [0.25, 0.3) is 11.8 Å². The molecule has 0 bridgehead atoms. The third kappa shape index (κ3) is 8.92. The fourth-order valence-corrected chi connectivity index (χ4v) is 12.5. The van der Waals surface area contributed by atoms with Crippen molar-refractivity contribution in [3.8, 4) is 0 Å². The molecule has 2 aliphatic carbocycles. The third-order valence-electron chi connectivity index (χ3n) is 13.5. The molecule has 7 aromatic carbocycles. The number of rotatable bonds is 11. The molecule has 2 saturated carbocycles. The largest absolute Gasteiger partial charge is 0.399 e. The molecule has 7 heteroatoms. The van der Waals surface area contributed by atoms with Crippen LogP contribution in [-0.2, 0) is 10.8 Å². The third-order valence-corrected chi connectivity index (χ3v) is 15.9. The first kappa shape index (κ1) is 41.8. The molecule has 2 amide bonds. The van der Waals surface area contributed by atoms with Gasteiger partial charge in [0.05, 0.1) is 0 Å². The Morgan fingerprint density at radius 1 is 0.397 bits per heavy atom. The molecule has 2 aliphatic rings. The fraction of sp³-hybridized carbons (Fsp3) is 0.214. The average molecular weight is 847 g/mol. The van der Waals surface area contributed by atoms with Crippen LogP contribution in [0.1, 0.15) is 107 Å². The summed E-state index contributed by atoms with van der Waals surface area (Å²) in [7, 11) is -1.11. The first-order valence-corrected chi connectivity index (χ1v) is 23.8. The zero-order valence-electron chi connectivity index (χ0n) is 35.7. The topological polar surface area (TPSA) is 110 Å². The minimum Gasteiger partial charge on any atom is -0.399 e. The second-order valence-electron chi connectivity index (χ2n) is 17.4. The van der Waals surface area contributed by atoms with Crippen molar-refractivity contribution in [3.63, 3.8) is 0 Å². The van der Waals surface area contributed by atoms with Gasteiger partial charge in [0, 0.05) is 44.7 Å². The van der Waals surface area contributed by atoms with Gasteiger partial charge in [-0.2, -0.15) is 0 Å². The molecule has 6 nitrogen and oxygen atoms in total. The lowest BCUT2D eigenvalue weighted by Crippen LogP contribution is -2.30. The van der Waals surface area contributed by atoms with Crippen LogP contribution in [0.3, 0.4) is 0 Å². The van der Waals surface area contributed by atoms with Crippen molar-refractivity contribution in [2.45, 2.75) is 75.0 Å². The highest BCUT2D eigenvalue weighted by molar-refractivity contribution is 7.79. The Morgan fingerprint density at radius 3 is 1.08 bits per heavy atom. The molecule has 0 unspecified atom stereocenters. The van der Waals surface area contributed by atoms with Gasteiger partial charge in [-0.1, -0.05) is 148 Å². The zero-order valence-corrected chi connectivity index (χ0v) is 36.6. The normalized spacial score (nSPS) is 15.6. The van der Waals surface area contributed by atoms with Crippen molar-refractivity contribution in [1.29, 1.82) is 0 Å². The monoisotopic (exact) mass is 846 g/mol. The summed E-state index contributed by atoms with van der Waals surface area (Å²) in [5.41, 5.74) is 20.8. The van der Waals surface area contributed by atoms with Gasteiger partial charge in [-0.05, 0) is 139 Å². The number of hydrogen-bond acceptors (Lipinski definition) is 4. The van der Waals surface area contributed by atoms with E-state index in [0.717, 1.165) is 53.0 Å². The van der Waals surface area contributed by atoms with Crippen molar-refractivity contribution >= 4 is 58.4 Å². The molecular formula is C56H55N4O2P. The van der Waals surface area contributed by atoms with Crippen LogP contribution in [0.2, 0.25) is 0 Å². The van der Waals surface area contributed by atoms with Gasteiger partial charge in [-0.25, -0.2) is 0 Å². The van der Waals surface area contributed by atoms with E-state index in [2.05, 4.69) is 83.4 Å². The number of nitrogens with one attached hydrogen (secondary N) is 2. The van der Waals surface area contributed by atoms with Gasteiger partial charge in [0.2, 0.25) is 0 Å². The van der Waals surface area contributed by atoms with Crippen molar-refractivity contribution in [3.05, 3.63) is 209 Å². The summed E-state index contributed by atoms with van der Waals surface area (Å²) >= 11 is 0. The van der Waals surface area contributed by atoms with Crippen LogP contribution in [0, 0.1) is 0 Å². The van der Waals surface area contributed by atoms with E-state index in [1.54, 1.807) is 6.07 Å². The van der Waals surface area contributed by atoms with Crippen LogP contribution in [0.5, 0.6) is 0 Å². The van der Waals surface area contributed by atoms with Gasteiger partial charge < -0.3 is 22.1 Å². The summed E-state index contributed by atoms with van der Waals surface area (Å²) in [6.07, 6.45) is 11.4. The molecule has 63 heavy (non-hydrogen) atoms. The summed E-state index contributed by atoms with van der Waals surface area (Å²) < 4.78 is 0. The van der Waals surface area contributed by atoms with Crippen LogP contribution in [-0.4, -0.2) is 11.8 Å². The molecular weight excluding hydrogens is 792 g/mol. The highest BCUT2D eigenvalue weighted by atomic mass is 31.1.